The molecular formula is C12H14ClNO3. The number of hydrogen-bond donors (Lipinski definition) is 1. The Morgan fingerprint density at radius 2 is 2.12 bits per heavy atom. The van der Waals surface area contributed by atoms with Crippen LogP contribution >= 0.6 is 11.6 Å². The molecule has 4 nitrogen and oxygen atoms in total. The SMILES string of the molecule is CCOC(=O)CNC(=O)c1ccc(C)cc1Cl. The average Bonchev–Trinajstić information content (AvgIpc) is 2.26. The second-order valence-corrected chi connectivity index (χ2v) is 3.88. The molecule has 0 saturated heterocycles. The molecule has 0 heterocycles. The molecule has 1 aromatic carbocycles. The van der Waals surface area contributed by atoms with Crippen LogP contribution in [0.2, 0.25) is 5.02 Å². The molecule has 1 N–H and O–H groups in total. The van der Waals surface area contributed by atoms with Crippen molar-refractivity contribution in [1.29, 1.82) is 0 Å². The number of nitrogens with one attached hydrogen (secondary N) is 1. The molecule has 17 heavy (non-hydrogen) atoms. The van der Waals surface area contributed by atoms with Crippen LogP contribution in [0.1, 0.15) is 22.8 Å². The third kappa shape index (κ3) is 4.07. The Balaban J connectivity index is 2.61. The first-order valence-electron chi connectivity index (χ1n) is 5.24. The van der Waals surface area contributed by atoms with Crippen LogP contribution in [0.25, 0.3) is 0 Å². The van der Waals surface area contributed by atoms with Crippen LogP contribution < -0.4 is 5.32 Å². The highest BCUT2D eigenvalue weighted by atomic mass is 35.5. The van der Waals surface area contributed by atoms with Crippen LogP contribution in [0, 0.1) is 6.92 Å². The molecule has 0 fully saturated rings. The first-order valence-corrected chi connectivity index (χ1v) is 5.62. The van der Waals surface area contributed by atoms with Gasteiger partial charge >= 0.3 is 5.97 Å². The van der Waals surface area contributed by atoms with Crippen molar-refractivity contribution in [2.75, 3.05) is 13.2 Å². The molecule has 0 radical (unpaired) electrons. The lowest BCUT2D eigenvalue weighted by atomic mass is 10.1. The summed E-state index contributed by atoms with van der Waals surface area (Å²) in [5.41, 5.74) is 1.32. The number of carbonyl (C=O) groups is 2. The number of carbonyl (C=O) groups excluding carboxylic acids is 2. The third-order valence-corrected chi connectivity index (χ3v) is 2.38. The molecule has 1 amide bonds. The zero-order valence-corrected chi connectivity index (χ0v) is 10.5. The van der Waals surface area contributed by atoms with Gasteiger partial charge in [0, 0.05) is 0 Å². The number of halogens is 1. The van der Waals surface area contributed by atoms with Crippen molar-refractivity contribution in [3.05, 3.63) is 34.3 Å². The van der Waals surface area contributed by atoms with Crippen molar-refractivity contribution in [2.24, 2.45) is 0 Å². The van der Waals surface area contributed by atoms with Gasteiger partial charge in [0.1, 0.15) is 6.54 Å². The Kier molecular flexibility index (Phi) is 4.97. The summed E-state index contributed by atoms with van der Waals surface area (Å²) >= 11 is 5.92. The minimum Gasteiger partial charge on any atom is -0.465 e. The minimum absolute atomic E-state index is 0.156. The Bertz CT molecular complexity index is 432. The molecule has 0 spiro atoms. The highest BCUT2D eigenvalue weighted by Crippen LogP contribution is 2.17. The number of hydrogen-bond acceptors (Lipinski definition) is 3. The normalized spacial score (nSPS) is 9.82. The van der Waals surface area contributed by atoms with Crippen LogP contribution in [0.5, 0.6) is 0 Å². The molecule has 0 saturated carbocycles. The molecule has 0 aliphatic rings. The highest BCUT2D eigenvalue weighted by molar-refractivity contribution is 6.33. The van der Waals surface area contributed by atoms with Crippen molar-refractivity contribution < 1.29 is 14.3 Å². The number of amides is 1. The Morgan fingerprint density at radius 3 is 2.71 bits per heavy atom. The summed E-state index contributed by atoms with van der Waals surface area (Å²) < 4.78 is 4.69. The molecule has 0 unspecified atom stereocenters. The lowest BCUT2D eigenvalue weighted by Gasteiger charge is -2.06. The predicted molar refractivity (Wildman–Crippen MR) is 65.2 cm³/mol. The summed E-state index contributed by atoms with van der Waals surface area (Å²) in [6.45, 7) is 3.72. The average molecular weight is 256 g/mol. The minimum atomic E-state index is -0.468. The smallest absolute Gasteiger partial charge is 0.325 e. The van der Waals surface area contributed by atoms with Gasteiger partial charge < -0.3 is 10.1 Å². The van der Waals surface area contributed by atoms with Crippen LogP contribution in [0.3, 0.4) is 0 Å². The van der Waals surface area contributed by atoms with E-state index in [1.165, 1.54) is 0 Å². The second-order valence-electron chi connectivity index (χ2n) is 3.47. The molecule has 0 bridgehead atoms. The van der Waals surface area contributed by atoms with Gasteiger partial charge in [0.2, 0.25) is 0 Å². The number of benzene rings is 1. The summed E-state index contributed by atoms with van der Waals surface area (Å²) in [5, 5.41) is 2.81. The number of esters is 1. The van der Waals surface area contributed by atoms with Gasteiger partial charge in [-0.05, 0) is 31.5 Å². The maximum Gasteiger partial charge on any atom is 0.325 e. The van der Waals surface area contributed by atoms with Gasteiger partial charge in [-0.15, -0.1) is 0 Å². The fourth-order valence-electron chi connectivity index (χ4n) is 1.26. The van der Waals surface area contributed by atoms with Crippen molar-refractivity contribution >= 4 is 23.5 Å². The van der Waals surface area contributed by atoms with E-state index >= 15 is 0 Å². The van der Waals surface area contributed by atoms with E-state index in [9.17, 15) is 9.59 Å². The molecule has 5 heteroatoms. The zero-order valence-electron chi connectivity index (χ0n) is 9.75. The van der Waals surface area contributed by atoms with Crippen LogP contribution in [-0.4, -0.2) is 25.0 Å². The highest BCUT2D eigenvalue weighted by Gasteiger charge is 2.11. The quantitative estimate of drug-likeness (QED) is 0.837. The number of aryl methyl sites for hydroxylation is 1. The van der Waals surface area contributed by atoms with Gasteiger partial charge in [0.05, 0.1) is 17.2 Å². The van der Waals surface area contributed by atoms with E-state index in [2.05, 4.69) is 5.32 Å². The zero-order chi connectivity index (χ0) is 12.8. The maximum absolute atomic E-state index is 11.7. The van der Waals surface area contributed by atoms with Gasteiger partial charge in [-0.1, -0.05) is 17.7 Å². The molecule has 0 atom stereocenters. The Hall–Kier alpha value is -1.55. The Morgan fingerprint density at radius 1 is 1.41 bits per heavy atom. The predicted octanol–water partition coefficient (Wildman–Crippen LogP) is 1.94. The van der Waals surface area contributed by atoms with Crippen LogP contribution in [-0.2, 0) is 9.53 Å². The number of rotatable bonds is 4. The summed E-state index contributed by atoms with van der Waals surface area (Å²) in [4.78, 5) is 22.7. The van der Waals surface area contributed by atoms with E-state index in [4.69, 9.17) is 16.3 Å². The standard InChI is InChI=1S/C12H14ClNO3/c1-3-17-11(15)7-14-12(16)9-5-4-8(2)6-10(9)13/h4-6H,3,7H2,1-2H3,(H,14,16). The second kappa shape index (κ2) is 6.25. The summed E-state index contributed by atoms with van der Waals surface area (Å²) in [6, 6.07) is 5.10. The van der Waals surface area contributed by atoms with Gasteiger partial charge in [0.25, 0.3) is 5.91 Å². The molecule has 92 valence electrons. The van der Waals surface area contributed by atoms with E-state index in [-0.39, 0.29) is 12.5 Å². The molecule has 0 aliphatic carbocycles. The van der Waals surface area contributed by atoms with Crippen LogP contribution in [0.4, 0.5) is 0 Å². The monoisotopic (exact) mass is 255 g/mol. The van der Waals surface area contributed by atoms with E-state index in [0.717, 1.165) is 5.56 Å². The lowest BCUT2D eigenvalue weighted by molar-refractivity contribution is -0.141. The largest absolute Gasteiger partial charge is 0.465 e. The summed E-state index contributed by atoms with van der Waals surface area (Å²) in [7, 11) is 0. The van der Waals surface area contributed by atoms with Gasteiger partial charge in [-0.2, -0.15) is 0 Å². The van der Waals surface area contributed by atoms with Gasteiger partial charge in [-0.25, -0.2) is 0 Å². The maximum atomic E-state index is 11.7. The summed E-state index contributed by atoms with van der Waals surface area (Å²) in [6.07, 6.45) is 0. The van der Waals surface area contributed by atoms with Crippen molar-refractivity contribution in [3.8, 4) is 0 Å². The van der Waals surface area contributed by atoms with E-state index < -0.39 is 5.97 Å². The fourth-order valence-corrected chi connectivity index (χ4v) is 1.58. The van der Waals surface area contributed by atoms with Gasteiger partial charge in [-0.3, -0.25) is 9.59 Å². The first kappa shape index (κ1) is 13.5. The van der Waals surface area contributed by atoms with Crippen molar-refractivity contribution in [3.63, 3.8) is 0 Å². The van der Waals surface area contributed by atoms with Gasteiger partial charge in [0.15, 0.2) is 0 Å². The molecule has 0 aliphatic heterocycles. The van der Waals surface area contributed by atoms with Crippen molar-refractivity contribution in [2.45, 2.75) is 13.8 Å². The fraction of sp³-hybridized carbons (Fsp3) is 0.333. The number of ether oxygens (including phenoxy) is 1. The molecule has 1 aromatic rings. The third-order valence-electron chi connectivity index (χ3n) is 2.07. The van der Waals surface area contributed by atoms with Crippen molar-refractivity contribution in [1.82, 2.24) is 5.32 Å². The lowest BCUT2D eigenvalue weighted by Crippen LogP contribution is -2.30. The molecule has 1 rings (SSSR count). The van der Waals surface area contributed by atoms with E-state index in [0.29, 0.717) is 17.2 Å². The topological polar surface area (TPSA) is 55.4 Å². The first-order chi connectivity index (χ1) is 8.04. The van der Waals surface area contributed by atoms with Crippen LogP contribution in [0.15, 0.2) is 18.2 Å². The van der Waals surface area contributed by atoms with E-state index in [1.54, 1.807) is 25.1 Å². The Labute approximate surface area is 105 Å². The van der Waals surface area contributed by atoms with E-state index in [1.807, 2.05) is 6.92 Å². The molecule has 0 aromatic heterocycles. The molecular weight excluding hydrogens is 242 g/mol. The summed E-state index contributed by atoms with van der Waals surface area (Å²) in [5.74, 6) is -0.855.